The van der Waals surface area contributed by atoms with Crippen molar-refractivity contribution in [2.24, 2.45) is 5.18 Å². The second-order valence-corrected chi connectivity index (χ2v) is 3.21. The van der Waals surface area contributed by atoms with Crippen LogP contribution in [-0.2, 0) is 6.42 Å². The van der Waals surface area contributed by atoms with Gasteiger partial charge in [-0.2, -0.15) is 0 Å². The number of hydrogen-bond acceptors (Lipinski definition) is 2. The minimum Gasteiger partial charge on any atom is -0.145 e. The highest BCUT2D eigenvalue weighted by Crippen LogP contribution is 2.14. The van der Waals surface area contributed by atoms with Gasteiger partial charge in [0.25, 0.3) is 0 Å². The van der Waals surface area contributed by atoms with E-state index in [0.29, 0.717) is 5.69 Å². The molecule has 1 rings (SSSR count). The van der Waals surface area contributed by atoms with Gasteiger partial charge < -0.3 is 0 Å². The van der Waals surface area contributed by atoms with Gasteiger partial charge in [-0.15, -0.1) is 4.91 Å². The Hall–Kier alpha value is -1.18. The van der Waals surface area contributed by atoms with Crippen LogP contribution in [0.25, 0.3) is 0 Å². The molecule has 1 aromatic carbocycles. The Bertz CT molecular complexity index is 253. The number of hydrogen-bond donors (Lipinski definition) is 0. The van der Waals surface area contributed by atoms with Crippen LogP contribution in [0.1, 0.15) is 31.7 Å². The van der Waals surface area contributed by atoms with Crippen molar-refractivity contribution in [2.75, 3.05) is 0 Å². The predicted octanol–water partition coefficient (Wildman–Crippen LogP) is 3.82. The summed E-state index contributed by atoms with van der Waals surface area (Å²) in [6, 6.07) is 7.50. The standard InChI is InChI=1S/C11H15NO/c1-2-3-4-5-10-6-8-11(12-13)9-7-10/h6-9H,2-5H2,1H3. The summed E-state index contributed by atoms with van der Waals surface area (Å²) >= 11 is 0. The SMILES string of the molecule is CCCCCc1ccc(N=O)cc1. The van der Waals surface area contributed by atoms with Crippen molar-refractivity contribution in [1.29, 1.82) is 0 Å². The Labute approximate surface area is 79.0 Å². The molecule has 0 aliphatic heterocycles. The van der Waals surface area contributed by atoms with Gasteiger partial charge in [-0.05, 0) is 35.7 Å². The van der Waals surface area contributed by atoms with Gasteiger partial charge in [-0.1, -0.05) is 31.9 Å². The third kappa shape index (κ3) is 3.36. The molecule has 0 aliphatic carbocycles. The Morgan fingerprint density at radius 1 is 1.15 bits per heavy atom. The maximum absolute atomic E-state index is 10.1. The molecule has 0 aliphatic rings. The van der Waals surface area contributed by atoms with Crippen molar-refractivity contribution in [3.05, 3.63) is 34.7 Å². The van der Waals surface area contributed by atoms with E-state index in [9.17, 15) is 4.91 Å². The van der Waals surface area contributed by atoms with Crippen molar-refractivity contribution < 1.29 is 0 Å². The summed E-state index contributed by atoms with van der Waals surface area (Å²) < 4.78 is 0. The molecule has 1 aromatic rings. The third-order valence-electron chi connectivity index (χ3n) is 2.11. The lowest BCUT2D eigenvalue weighted by Crippen LogP contribution is -1.83. The maximum atomic E-state index is 10.1. The summed E-state index contributed by atoms with van der Waals surface area (Å²) in [5.41, 5.74) is 1.81. The number of rotatable bonds is 5. The molecule has 2 nitrogen and oxygen atoms in total. The van der Waals surface area contributed by atoms with Crippen molar-refractivity contribution in [3.63, 3.8) is 0 Å². The highest BCUT2D eigenvalue weighted by molar-refractivity contribution is 5.38. The Morgan fingerprint density at radius 3 is 2.38 bits per heavy atom. The largest absolute Gasteiger partial charge is 0.145 e. The number of nitrogens with zero attached hydrogens (tertiary/aromatic N) is 1. The van der Waals surface area contributed by atoms with E-state index in [4.69, 9.17) is 0 Å². The fourth-order valence-corrected chi connectivity index (χ4v) is 1.30. The zero-order valence-electron chi connectivity index (χ0n) is 7.99. The minimum absolute atomic E-state index is 0.513. The number of benzene rings is 1. The Morgan fingerprint density at radius 2 is 1.85 bits per heavy atom. The molecule has 0 saturated heterocycles. The molecular formula is C11H15NO. The van der Waals surface area contributed by atoms with Crippen LogP contribution >= 0.6 is 0 Å². The van der Waals surface area contributed by atoms with E-state index < -0.39 is 0 Å². The zero-order chi connectivity index (χ0) is 9.52. The summed E-state index contributed by atoms with van der Waals surface area (Å²) in [7, 11) is 0. The summed E-state index contributed by atoms with van der Waals surface area (Å²) in [5, 5.41) is 2.86. The average molecular weight is 177 g/mol. The fraction of sp³-hybridized carbons (Fsp3) is 0.455. The highest BCUT2D eigenvalue weighted by atomic mass is 16.3. The summed E-state index contributed by atoms with van der Waals surface area (Å²) in [6.07, 6.45) is 4.85. The predicted molar refractivity (Wildman–Crippen MR) is 55.1 cm³/mol. The van der Waals surface area contributed by atoms with Crippen molar-refractivity contribution in [2.45, 2.75) is 32.6 Å². The van der Waals surface area contributed by atoms with E-state index in [2.05, 4.69) is 12.1 Å². The molecule has 0 saturated carbocycles. The molecule has 0 spiro atoms. The van der Waals surface area contributed by atoms with Gasteiger partial charge in [-0.3, -0.25) is 0 Å². The lowest BCUT2D eigenvalue weighted by atomic mass is 10.1. The van der Waals surface area contributed by atoms with Gasteiger partial charge in [-0.25, -0.2) is 0 Å². The van der Waals surface area contributed by atoms with Crippen LogP contribution in [0.5, 0.6) is 0 Å². The smallest absolute Gasteiger partial charge is 0.108 e. The summed E-state index contributed by atoms with van der Waals surface area (Å²) in [5.74, 6) is 0. The molecule has 0 amide bonds. The van der Waals surface area contributed by atoms with Crippen LogP contribution in [0.2, 0.25) is 0 Å². The molecule has 0 aromatic heterocycles. The first kappa shape index (κ1) is 9.90. The van der Waals surface area contributed by atoms with Gasteiger partial charge in [0.15, 0.2) is 0 Å². The Balaban J connectivity index is 2.44. The first-order valence-electron chi connectivity index (χ1n) is 4.79. The monoisotopic (exact) mass is 177 g/mol. The van der Waals surface area contributed by atoms with Crippen LogP contribution in [0.15, 0.2) is 29.4 Å². The van der Waals surface area contributed by atoms with E-state index >= 15 is 0 Å². The molecule has 0 heterocycles. The second-order valence-electron chi connectivity index (χ2n) is 3.21. The average Bonchev–Trinajstić information content (AvgIpc) is 2.19. The van der Waals surface area contributed by atoms with E-state index in [1.165, 1.54) is 24.8 Å². The van der Waals surface area contributed by atoms with Crippen molar-refractivity contribution in [3.8, 4) is 0 Å². The van der Waals surface area contributed by atoms with E-state index in [1.54, 1.807) is 12.1 Å². The normalized spacial score (nSPS) is 9.92. The molecule has 0 radical (unpaired) electrons. The van der Waals surface area contributed by atoms with Crippen molar-refractivity contribution in [1.82, 2.24) is 0 Å². The van der Waals surface area contributed by atoms with Crippen LogP contribution in [0, 0.1) is 4.91 Å². The van der Waals surface area contributed by atoms with Crippen LogP contribution < -0.4 is 0 Å². The van der Waals surface area contributed by atoms with Gasteiger partial charge in [0.2, 0.25) is 0 Å². The minimum atomic E-state index is 0.513. The highest BCUT2D eigenvalue weighted by Gasteiger charge is 1.93. The van der Waals surface area contributed by atoms with Gasteiger partial charge in [0.05, 0.1) is 0 Å². The van der Waals surface area contributed by atoms with Crippen LogP contribution in [-0.4, -0.2) is 0 Å². The van der Waals surface area contributed by atoms with Gasteiger partial charge >= 0.3 is 0 Å². The molecule has 2 heteroatoms. The first-order valence-corrected chi connectivity index (χ1v) is 4.79. The van der Waals surface area contributed by atoms with E-state index in [-0.39, 0.29) is 0 Å². The molecule has 0 unspecified atom stereocenters. The third-order valence-corrected chi connectivity index (χ3v) is 2.11. The maximum Gasteiger partial charge on any atom is 0.108 e. The Kier molecular flexibility index (Phi) is 4.16. The van der Waals surface area contributed by atoms with Crippen molar-refractivity contribution >= 4 is 5.69 Å². The number of nitroso groups, excluding NO2 is 1. The quantitative estimate of drug-likeness (QED) is 0.496. The molecule has 0 fully saturated rings. The molecule has 0 bridgehead atoms. The lowest BCUT2D eigenvalue weighted by molar-refractivity contribution is 0.717. The first-order chi connectivity index (χ1) is 6.36. The summed E-state index contributed by atoms with van der Waals surface area (Å²) in [6.45, 7) is 2.19. The van der Waals surface area contributed by atoms with Gasteiger partial charge in [0, 0.05) is 0 Å². The molecular weight excluding hydrogens is 162 g/mol. The van der Waals surface area contributed by atoms with Crippen LogP contribution in [0.4, 0.5) is 5.69 Å². The fourth-order valence-electron chi connectivity index (χ4n) is 1.30. The molecule has 13 heavy (non-hydrogen) atoms. The van der Waals surface area contributed by atoms with Crippen LogP contribution in [0.3, 0.4) is 0 Å². The molecule has 0 N–H and O–H groups in total. The zero-order valence-corrected chi connectivity index (χ0v) is 7.99. The topological polar surface area (TPSA) is 29.4 Å². The molecule has 70 valence electrons. The van der Waals surface area contributed by atoms with Gasteiger partial charge in [0.1, 0.15) is 5.69 Å². The molecule has 0 atom stereocenters. The number of aryl methyl sites for hydroxylation is 1. The van der Waals surface area contributed by atoms with E-state index in [0.717, 1.165) is 6.42 Å². The van der Waals surface area contributed by atoms with E-state index in [1.807, 2.05) is 12.1 Å². The summed E-state index contributed by atoms with van der Waals surface area (Å²) in [4.78, 5) is 10.1. The second kappa shape index (κ2) is 5.46. The number of unbranched alkanes of at least 4 members (excludes halogenated alkanes) is 2. The lowest BCUT2D eigenvalue weighted by Gasteiger charge is -1.99.